The maximum Gasteiger partial charge on any atom is 0.322 e. The van der Waals surface area contributed by atoms with Crippen molar-refractivity contribution in [3.05, 3.63) is 23.3 Å². The van der Waals surface area contributed by atoms with Crippen molar-refractivity contribution in [1.82, 2.24) is 0 Å². The lowest BCUT2D eigenvalue weighted by molar-refractivity contribution is -0.142. The van der Waals surface area contributed by atoms with Gasteiger partial charge in [-0.25, -0.2) is 0 Å². The molecule has 0 amide bonds. The smallest absolute Gasteiger partial charge is 0.322 e. The highest BCUT2D eigenvalue weighted by atomic mass is 16.6. The first-order chi connectivity index (χ1) is 8.15. The standard InChI is InChI=1S/C13H14O4/c1-3-8-5-6-10-13(9(8)4-2)17-12(15)7-11(14)16-10/h5-6H,3-4,7H2,1-2H3. The van der Waals surface area contributed by atoms with Crippen LogP contribution in [-0.2, 0) is 22.4 Å². The van der Waals surface area contributed by atoms with Crippen molar-refractivity contribution in [2.45, 2.75) is 33.1 Å². The highest BCUT2D eigenvalue weighted by Crippen LogP contribution is 2.36. The number of ether oxygens (including phenoxy) is 2. The minimum absolute atomic E-state index is 0.334. The number of aryl methyl sites for hydroxylation is 1. The van der Waals surface area contributed by atoms with Gasteiger partial charge in [-0.3, -0.25) is 9.59 Å². The molecule has 0 N–H and O–H groups in total. The van der Waals surface area contributed by atoms with Gasteiger partial charge in [-0.2, -0.15) is 0 Å². The Bertz CT molecular complexity index is 477. The molecule has 0 aliphatic carbocycles. The monoisotopic (exact) mass is 234 g/mol. The van der Waals surface area contributed by atoms with E-state index in [2.05, 4.69) is 0 Å². The Morgan fingerprint density at radius 3 is 2.41 bits per heavy atom. The Hall–Kier alpha value is -1.84. The van der Waals surface area contributed by atoms with E-state index in [1.807, 2.05) is 19.9 Å². The largest absolute Gasteiger partial charge is 0.422 e. The number of fused-ring (bicyclic) bond motifs is 1. The normalized spacial score (nSPS) is 14.7. The molecule has 0 saturated heterocycles. The summed E-state index contributed by atoms with van der Waals surface area (Å²) in [6, 6.07) is 3.59. The lowest BCUT2D eigenvalue weighted by atomic mass is 10.0. The molecule has 0 aromatic heterocycles. The summed E-state index contributed by atoms with van der Waals surface area (Å²) in [4.78, 5) is 22.7. The summed E-state index contributed by atoms with van der Waals surface area (Å²) in [5.74, 6) is -0.380. The summed E-state index contributed by atoms with van der Waals surface area (Å²) in [5, 5.41) is 0. The Morgan fingerprint density at radius 2 is 1.76 bits per heavy atom. The van der Waals surface area contributed by atoms with Crippen molar-refractivity contribution in [3.8, 4) is 11.5 Å². The second-order valence-corrected chi connectivity index (χ2v) is 3.86. The molecule has 4 nitrogen and oxygen atoms in total. The molecular weight excluding hydrogens is 220 g/mol. The SMILES string of the molecule is CCc1ccc2c(c1CC)OC(=O)CC(=O)O2. The molecule has 0 fully saturated rings. The van der Waals surface area contributed by atoms with Gasteiger partial charge in [0, 0.05) is 5.56 Å². The first-order valence-corrected chi connectivity index (χ1v) is 5.71. The summed E-state index contributed by atoms with van der Waals surface area (Å²) in [6.07, 6.45) is 1.25. The van der Waals surface area contributed by atoms with Crippen LogP contribution in [0.2, 0.25) is 0 Å². The summed E-state index contributed by atoms with van der Waals surface area (Å²) in [5.41, 5.74) is 2.05. The Kier molecular flexibility index (Phi) is 3.13. The molecule has 1 heterocycles. The zero-order valence-electron chi connectivity index (χ0n) is 9.91. The van der Waals surface area contributed by atoms with E-state index in [0.29, 0.717) is 11.5 Å². The number of hydrogen-bond acceptors (Lipinski definition) is 4. The predicted octanol–water partition coefficient (Wildman–Crippen LogP) is 2.03. The molecule has 1 aromatic carbocycles. The number of benzene rings is 1. The van der Waals surface area contributed by atoms with Crippen LogP contribution in [0.4, 0.5) is 0 Å². The van der Waals surface area contributed by atoms with E-state index >= 15 is 0 Å². The van der Waals surface area contributed by atoms with E-state index in [1.165, 1.54) is 0 Å². The van der Waals surface area contributed by atoms with Gasteiger partial charge in [0.2, 0.25) is 0 Å². The third-order valence-electron chi connectivity index (χ3n) is 2.78. The van der Waals surface area contributed by atoms with Crippen LogP contribution < -0.4 is 9.47 Å². The third kappa shape index (κ3) is 2.16. The second-order valence-electron chi connectivity index (χ2n) is 3.86. The number of carbonyl (C=O) groups is 2. The second kappa shape index (κ2) is 4.57. The topological polar surface area (TPSA) is 52.6 Å². The fourth-order valence-electron chi connectivity index (χ4n) is 1.98. The predicted molar refractivity (Wildman–Crippen MR) is 61.1 cm³/mol. The van der Waals surface area contributed by atoms with Crippen molar-refractivity contribution in [2.75, 3.05) is 0 Å². The molecule has 0 radical (unpaired) electrons. The Morgan fingerprint density at radius 1 is 1.06 bits per heavy atom. The molecule has 17 heavy (non-hydrogen) atoms. The molecule has 0 unspecified atom stereocenters. The molecule has 1 aromatic rings. The number of rotatable bonds is 2. The fraction of sp³-hybridized carbons (Fsp3) is 0.385. The lowest BCUT2D eigenvalue weighted by Crippen LogP contribution is -2.13. The van der Waals surface area contributed by atoms with Crippen LogP contribution in [0.1, 0.15) is 31.4 Å². The van der Waals surface area contributed by atoms with Crippen LogP contribution in [0.15, 0.2) is 12.1 Å². The zero-order valence-corrected chi connectivity index (χ0v) is 9.91. The van der Waals surface area contributed by atoms with Gasteiger partial charge in [0.1, 0.15) is 6.42 Å². The lowest BCUT2D eigenvalue weighted by Gasteiger charge is -2.13. The molecule has 0 bridgehead atoms. The first-order valence-electron chi connectivity index (χ1n) is 5.71. The van der Waals surface area contributed by atoms with Gasteiger partial charge in [0.25, 0.3) is 0 Å². The number of esters is 2. The fourth-order valence-corrected chi connectivity index (χ4v) is 1.98. The van der Waals surface area contributed by atoms with Gasteiger partial charge in [-0.05, 0) is 24.5 Å². The third-order valence-corrected chi connectivity index (χ3v) is 2.78. The van der Waals surface area contributed by atoms with Crippen LogP contribution in [-0.4, -0.2) is 11.9 Å². The Balaban J connectivity index is 2.56. The van der Waals surface area contributed by atoms with Gasteiger partial charge >= 0.3 is 11.9 Å². The molecular formula is C13H14O4. The van der Waals surface area contributed by atoms with Crippen molar-refractivity contribution in [3.63, 3.8) is 0 Å². The van der Waals surface area contributed by atoms with Crippen molar-refractivity contribution >= 4 is 11.9 Å². The van der Waals surface area contributed by atoms with Crippen molar-refractivity contribution in [1.29, 1.82) is 0 Å². The number of hydrogen-bond donors (Lipinski definition) is 0. The number of carbonyl (C=O) groups excluding carboxylic acids is 2. The molecule has 4 heteroatoms. The van der Waals surface area contributed by atoms with Crippen LogP contribution in [0, 0.1) is 0 Å². The van der Waals surface area contributed by atoms with Gasteiger partial charge in [-0.1, -0.05) is 19.9 Å². The maximum atomic E-state index is 11.4. The molecule has 90 valence electrons. The van der Waals surface area contributed by atoms with E-state index < -0.39 is 11.9 Å². The van der Waals surface area contributed by atoms with Crippen molar-refractivity contribution < 1.29 is 19.1 Å². The van der Waals surface area contributed by atoms with Crippen LogP contribution in [0.3, 0.4) is 0 Å². The highest BCUT2D eigenvalue weighted by Gasteiger charge is 2.25. The van der Waals surface area contributed by atoms with Crippen molar-refractivity contribution in [2.24, 2.45) is 0 Å². The minimum atomic E-state index is -0.569. The average molecular weight is 234 g/mol. The molecule has 1 aliphatic rings. The van der Waals surface area contributed by atoms with E-state index in [0.717, 1.165) is 24.0 Å². The van der Waals surface area contributed by atoms with Crippen LogP contribution >= 0.6 is 0 Å². The summed E-state index contributed by atoms with van der Waals surface area (Å²) in [6.45, 7) is 4.01. The molecule has 0 atom stereocenters. The molecule has 0 saturated carbocycles. The average Bonchev–Trinajstić information content (AvgIpc) is 2.44. The quantitative estimate of drug-likeness (QED) is 0.446. The zero-order chi connectivity index (χ0) is 12.4. The van der Waals surface area contributed by atoms with Crippen LogP contribution in [0.5, 0.6) is 11.5 Å². The molecule has 2 rings (SSSR count). The van der Waals surface area contributed by atoms with E-state index in [-0.39, 0.29) is 6.42 Å². The summed E-state index contributed by atoms with van der Waals surface area (Å²) < 4.78 is 10.3. The van der Waals surface area contributed by atoms with Gasteiger partial charge in [-0.15, -0.1) is 0 Å². The van der Waals surface area contributed by atoms with Gasteiger partial charge in [0.05, 0.1) is 0 Å². The van der Waals surface area contributed by atoms with Gasteiger partial charge < -0.3 is 9.47 Å². The van der Waals surface area contributed by atoms with E-state index in [1.54, 1.807) is 6.07 Å². The Labute approximate surface area is 99.5 Å². The van der Waals surface area contributed by atoms with E-state index in [4.69, 9.17) is 9.47 Å². The van der Waals surface area contributed by atoms with Gasteiger partial charge in [0.15, 0.2) is 11.5 Å². The highest BCUT2D eigenvalue weighted by molar-refractivity contribution is 5.95. The van der Waals surface area contributed by atoms with E-state index in [9.17, 15) is 9.59 Å². The molecule has 0 spiro atoms. The first kappa shape index (κ1) is 11.6. The summed E-state index contributed by atoms with van der Waals surface area (Å²) in [7, 11) is 0. The maximum absolute atomic E-state index is 11.4. The minimum Gasteiger partial charge on any atom is -0.422 e. The van der Waals surface area contributed by atoms with Crippen LogP contribution in [0.25, 0.3) is 0 Å². The molecule has 1 aliphatic heterocycles. The summed E-state index contributed by atoms with van der Waals surface area (Å²) >= 11 is 0.